The van der Waals surface area contributed by atoms with Gasteiger partial charge in [-0.15, -0.1) is 0 Å². The van der Waals surface area contributed by atoms with Crippen LogP contribution in [0.5, 0.6) is 0 Å². The number of rotatable bonds is 3. The van der Waals surface area contributed by atoms with E-state index in [0.717, 1.165) is 6.21 Å². The Morgan fingerprint density at radius 1 is 1.11 bits per heavy atom. The predicted molar refractivity (Wildman–Crippen MR) is 70.5 cm³/mol. The van der Waals surface area contributed by atoms with Crippen molar-refractivity contribution in [2.24, 2.45) is 4.40 Å². The highest BCUT2D eigenvalue weighted by Gasteiger charge is 2.10. The van der Waals surface area contributed by atoms with Gasteiger partial charge in [0.2, 0.25) is 0 Å². The van der Waals surface area contributed by atoms with Crippen molar-refractivity contribution in [1.82, 2.24) is 4.98 Å². The molecule has 0 unspecified atom stereocenters. The van der Waals surface area contributed by atoms with Crippen molar-refractivity contribution in [1.29, 1.82) is 0 Å². The van der Waals surface area contributed by atoms with Gasteiger partial charge in [0, 0.05) is 6.20 Å². The predicted octanol–water partition coefficient (Wildman–Crippen LogP) is 2.54. The van der Waals surface area contributed by atoms with E-state index in [4.69, 9.17) is 11.6 Å². The molecule has 0 radical (unpaired) electrons. The minimum Gasteiger partial charge on any atom is -0.254 e. The van der Waals surface area contributed by atoms with Gasteiger partial charge in [-0.05, 0) is 24.3 Å². The minimum absolute atomic E-state index is 0.133. The fourth-order valence-corrected chi connectivity index (χ4v) is 2.30. The Bertz CT molecular complexity index is 669. The molecule has 2 aromatic rings. The summed E-state index contributed by atoms with van der Waals surface area (Å²) in [4.78, 5) is 4.06. The van der Waals surface area contributed by atoms with Crippen molar-refractivity contribution in [2.45, 2.75) is 4.90 Å². The summed E-state index contributed by atoms with van der Waals surface area (Å²) in [6.07, 6.45) is 2.66. The van der Waals surface area contributed by atoms with E-state index in [9.17, 15) is 8.42 Å². The highest BCUT2D eigenvalue weighted by atomic mass is 35.5. The Labute approximate surface area is 110 Å². The molecule has 2 rings (SSSR count). The largest absolute Gasteiger partial charge is 0.282 e. The quantitative estimate of drug-likeness (QED) is 0.812. The Kier molecular flexibility index (Phi) is 3.74. The van der Waals surface area contributed by atoms with Crippen LogP contribution in [0.15, 0.2) is 58.0 Å². The number of sulfonamides is 1. The van der Waals surface area contributed by atoms with Crippen molar-refractivity contribution in [2.75, 3.05) is 0 Å². The van der Waals surface area contributed by atoms with Crippen LogP contribution in [-0.2, 0) is 10.0 Å². The van der Waals surface area contributed by atoms with Gasteiger partial charge in [0.25, 0.3) is 10.0 Å². The van der Waals surface area contributed by atoms with Crippen molar-refractivity contribution >= 4 is 27.8 Å². The Morgan fingerprint density at radius 3 is 2.50 bits per heavy atom. The first kappa shape index (κ1) is 12.7. The maximum Gasteiger partial charge on any atom is 0.282 e. The van der Waals surface area contributed by atoms with Crippen LogP contribution in [0.4, 0.5) is 0 Å². The molecule has 0 saturated carbocycles. The fourth-order valence-electron chi connectivity index (χ4n) is 1.27. The number of nitrogens with zero attached hydrogens (tertiary/aromatic N) is 2. The number of benzene rings is 1. The second kappa shape index (κ2) is 5.29. The zero-order chi connectivity index (χ0) is 13.0. The van der Waals surface area contributed by atoms with E-state index in [2.05, 4.69) is 9.38 Å². The molecule has 4 nitrogen and oxygen atoms in total. The molecule has 0 aliphatic rings. The molecule has 0 bridgehead atoms. The molecule has 0 amide bonds. The van der Waals surface area contributed by atoms with E-state index in [1.54, 1.807) is 30.3 Å². The molecule has 0 aliphatic heterocycles. The summed E-state index contributed by atoms with van der Waals surface area (Å²) in [7, 11) is -3.70. The molecule has 18 heavy (non-hydrogen) atoms. The van der Waals surface area contributed by atoms with Crippen LogP contribution in [0.1, 0.15) is 5.69 Å². The van der Waals surface area contributed by atoms with E-state index in [1.807, 2.05) is 0 Å². The first-order chi connectivity index (χ1) is 8.59. The average Bonchev–Trinajstić information content (AvgIpc) is 2.39. The Balaban J connectivity index is 2.32. The van der Waals surface area contributed by atoms with Crippen LogP contribution < -0.4 is 0 Å². The SMILES string of the molecule is O=S(=O)(/N=C/c1ncccc1Cl)c1ccccc1. The minimum atomic E-state index is -3.70. The van der Waals surface area contributed by atoms with Gasteiger partial charge in [0.1, 0.15) is 5.69 Å². The maximum atomic E-state index is 11.8. The molecule has 1 heterocycles. The molecule has 6 heteroatoms. The van der Waals surface area contributed by atoms with E-state index >= 15 is 0 Å². The van der Waals surface area contributed by atoms with Gasteiger partial charge in [-0.25, -0.2) is 0 Å². The third-order valence-corrected chi connectivity index (χ3v) is 3.71. The zero-order valence-electron chi connectivity index (χ0n) is 9.19. The van der Waals surface area contributed by atoms with Gasteiger partial charge < -0.3 is 0 Å². The van der Waals surface area contributed by atoms with Gasteiger partial charge in [-0.1, -0.05) is 29.8 Å². The molecule has 1 aromatic heterocycles. The molecule has 0 N–H and O–H groups in total. The molecule has 1 aromatic carbocycles. The lowest BCUT2D eigenvalue weighted by Crippen LogP contribution is -1.98. The zero-order valence-corrected chi connectivity index (χ0v) is 10.8. The van der Waals surface area contributed by atoms with E-state index in [-0.39, 0.29) is 4.90 Å². The summed E-state index contributed by atoms with van der Waals surface area (Å²) in [6.45, 7) is 0. The normalized spacial score (nSPS) is 11.8. The smallest absolute Gasteiger partial charge is 0.254 e. The van der Waals surface area contributed by atoms with Crippen molar-refractivity contribution in [3.8, 4) is 0 Å². The summed E-state index contributed by atoms with van der Waals surface area (Å²) in [5.74, 6) is 0. The number of aromatic nitrogens is 1. The topological polar surface area (TPSA) is 59.4 Å². The van der Waals surface area contributed by atoms with Crippen LogP contribution in [0.3, 0.4) is 0 Å². The van der Waals surface area contributed by atoms with E-state index < -0.39 is 10.0 Å². The van der Waals surface area contributed by atoms with Crippen LogP contribution in [0, 0.1) is 0 Å². The van der Waals surface area contributed by atoms with Crippen LogP contribution >= 0.6 is 11.6 Å². The highest BCUT2D eigenvalue weighted by molar-refractivity contribution is 7.90. The molecule has 0 fully saturated rings. The second-order valence-corrected chi connectivity index (χ2v) is 5.43. The van der Waals surface area contributed by atoms with E-state index in [0.29, 0.717) is 10.7 Å². The standard InChI is InChI=1S/C12H9ClN2O2S/c13-11-7-4-8-14-12(11)9-15-18(16,17)10-5-2-1-3-6-10/h1-9H/b15-9+. The number of pyridine rings is 1. The van der Waals surface area contributed by atoms with Crippen molar-refractivity contribution in [3.05, 3.63) is 59.4 Å². The summed E-state index contributed by atoms with van der Waals surface area (Å²) >= 11 is 5.85. The van der Waals surface area contributed by atoms with Gasteiger partial charge in [0.05, 0.1) is 16.1 Å². The molecule has 0 saturated heterocycles. The Hall–Kier alpha value is -1.72. The lowest BCUT2D eigenvalue weighted by atomic mass is 10.4. The van der Waals surface area contributed by atoms with Crippen LogP contribution in [-0.4, -0.2) is 19.6 Å². The summed E-state index contributed by atoms with van der Waals surface area (Å²) in [6, 6.07) is 11.2. The monoisotopic (exact) mass is 280 g/mol. The lowest BCUT2D eigenvalue weighted by Gasteiger charge is -1.98. The number of halogens is 1. The van der Waals surface area contributed by atoms with Gasteiger partial charge >= 0.3 is 0 Å². The fraction of sp³-hybridized carbons (Fsp3) is 0. The number of hydrogen-bond acceptors (Lipinski definition) is 3. The van der Waals surface area contributed by atoms with Crippen LogP contribution in [0.2, 0.25) is 5.02 Å². The molecule has 0 spiro atoms. The van der Waals surface area contributed by atoms with Crippen molar-refractivity contribution < 1.29 is 8.42 Å². The molecular formula is C12H9ClN2O2S. The van der Waals surface area contributed by atoms with Crippen molar-refractivity contribution in [3.63, 3.8) is 0 Å². The Morgan fingerprint density at radius 2 is 1.83 bits per heavy atom. The van der Waals surface area contributed by atoms with Crippen LogP contribution in [0.25, 0.3) is 0 Å². The maximum absolute atomic E-state index is 11.8. The molecule has 0 aliphatic carbocycles. The van der Waals surface area contributed by atoms with E-state index in [1.165, 1.54) is 18.3 Å². The molecule has 0 atom stereocenters. The van der Waals surface area contributed by atoms with Gasteiger partial charge in [0.15, 0.2) is 0 Å². The third kappa shape index (κ3) is 2.94. The number of hydrogen-bond donors (Lipinski definition) is 0. The average molecular weight is 281 g/mol. The molecule has 92 valence electrons. The second-order valence-electron chi connectivity index (χ2n) is 3.39. The highest BCUT2D eigenvalue weighted by Crippen LogP contribution is 2.13. The third-order valence-electron chi connectivity index (χ3n) is 2.14. The first-order valence-electron chi connectivity index (χ1n) is 5.05. The summed E-state index contributed by atoms with van der Waals surface area (Å²) < 4.78 is 27.3. The summed E-state index contributed by atoms with van der Waals surface area (Å²) in [5.41, 5.74) is 0.318. The van der Waals surface area contributed by atoms with Gasteiger partial charge in [-0.2, -0.15) is 12.8 Å². The lowest BCUT2D eigenvalue weighted by molar-refractivity contribution is 0.598. The summed E-state index contributed by atoms with van der Waals surface area (Å²) in [5, 5.41) is 0.351. The molecular weight excluding hydrogens is 272 g/mol. The van der Waals surface area contributed by atoms with Gasteiger partial charge in [-0.3, -0.25) is 4.98 Å². The first-order valence-corrected chi connectivity index (χ1v) is 6.87.